The number of rotatable bonds is 3. The molecule has 0 aliphatic heterocycles. The first kappa shape index (κ1) is 10.5. The molecule has 1 rings (SSSR count). The van der Waals surface area contributed by atoms with Crippen LogP contribution in [0.5, 0.6) is 0 Å². The van der Waals surface area contributed by atoms with Crippen LogP contribution in [0.2, 0.25) is 0 Å². The van der Waals surface area contributed by atoms with Crippen LogP contribution >= 0.6 is 0 Å². The molecule has 1 aromatic carbocycles. The van der Waals surface area contributed by atoms with Crippen molar-refractivity contribution in [3.05, 3.63) is 35.4 Å². The van der Waals surface area contributed by atoms with Crippen LogP contribution in [0.3, 0.4) is 0 Å². The minimum atomic E-state index is -0.0623. The lowest BCUT2D eigenvalue weighted by Gasteiger charge is -2.08. The summed E-state index contributed by atoms with van der Waals surface area (Å²) in [5, 5.41) is 8.61. The van der Waals surface area contributed by atoms with E-state index in [-0.39, 0.29) is 11.7 Å². The molecular weight excluding hydrogens is 174 g/mol. The third-order valence-corrected chi connectivity index (χ3v) is 2.37. The largest absolute Gasteiger partial charge is 0.299 e. The number of carbonyl (C=O) groups is 1. The van der Waals surface area contributed by atoms with Gasteiger partial charge in [-0.2, -0.15) is 5.26 Å². The fraction of sp³-hybridized carbons (Fsp3) is 0.333. The maximum absolute atomic E-state index is 11.4. The summed E-state index contributed by atoms with van der Waals surface area (Å²) in [5.74, 6) is 0.169. The maximum Gasteiger partial charge on any atom is 0.139 e. The van der Waals surface area contributed by atoms with Crippen molar-refractivity contribution in [3.63, 3.8) is 0 Å². The molecule has 0 heterocycles. The molecule has 1 aromatic rings. The van der Waals surface area contributed by atoms with Crippen molar-refractivity contribution in [2.75, 3.05) is 0 Å². The molecule has 0 N–H and O–H groups in total. The van der Waals surface area contributed by atoms with Gasteiger partial charge in [-0.3, -0.25) is 4.79 Å². The molecule has 0 fully saturated rings. The number of nitriles is 1. The van der Waals surface area contributed by atoms with E-state index in [0.29, 0.717) is 12.0 Å². The highest BCUT2D eigenvalue weighted by Gasteiger charge is 2.12. The predicted molar refractivity (Wildman–Crippen MR) is 54.9 cm³/mol. The van der Waals surface area contributed by atoms with Gasteiger partial charge in [0, 0.05) is 12.3 Å². The van der Waals surface area contributed by atoms with E-state index < -0.39 is 0 Å². The number of nitrogens with zero attached hydrogens (tertiary/aromatic N) is 1. The molecule has 2 heteroatoms. The van der Waals surface area contributed by atoms with Crippen LogP contribution in [0.15, 0.2) is 24.3 Å². The van der Waals surface area contributed by atoms with Gasteiger partial charge in [0.15, 0.2) is 0 Å². The first-order valence-electron chi connectivity index (χ1n) is 4.71. The van der Waals surface area contributed by atoms with E-state index in [0.717, 1.165) is 5.56 Å². The van der Waals surface area contributed by atoms with Crippen molar-refractivity contribution in [2.24, 2.45) is 0 Å². The molecule has 0 bridgehead atoms. The lowest BCUT2D eigenvalue weighted by molar-refractivity contribution is -0.119. The van der Waals surface area contributed by atoms with Crippen LogP contribution in [0.4, 0.5) is 0 Å². The number of hydrogen-bond donors (Lipinski definition) is 0. The van der Waals surface area contributed by atoms with Gasteiger partial charge in [0.2, 0.25) is 0 Å². The lowest BCUT2D eigenvalue weighted by atomic mass is 9.95. The van der Waals surface area contributed by atoms with Crippen LogP contribution in [0, 0.1) is 11.3 Å². The van der Waals surface area contributed by atoms with Gasteiger partial charge in [-0.15, -0.1) is 0 Å². The van der Waals surface area contributed by atoms with E-state index in [4.69, 9.17) is 5.26 Å². The molecule has 0 spiro atoms. The van der Waals surface area contributed by atoms with Gasteiger partial charge in [0.05, 0.1) is 11.6 Å². The Hall–Kier alpha value is -1.62. The predicted octanol–water partition coefficient (Wildman–Crippen LogP) is 2.64. The smallest absolute Gasteiger partial charge is 0.139 e. The second-order valence-electron chi connectivity index (χ2n) is 3.28. The summed E-state index contributed by atoms with van der Waals surface area (Å²) in [4.78, 5) is 11.4. The molecule has 0 saturated carbocycles. The topological polar surface area (TPSA) is 40.9 Å². The molecule has 0 saturated heterocycles. The van der Waals surface area contributed by atoms with Gasteiger partial charge in [-0.1, -0.05) is 26.0 Å². The molecule has 0 aliphatic carbocycles. The van der Waals surface area contributed by atoms with E-state index in [1.807, 2.05) is 26.0 Å². The fourth-order valence-electron chi connectivity index (χ4n) is 1.34. The second-order valence-corrected chi connectivity index (χ2v) is 3.28. The number of Topliss-reactive ketones (excluding diaryl/α,β-unsaturated/α-hetero) is 1. The van der Waals surface area contributed by atoms with Crippen molar-refractivity contribution in [1.82, 2.24) is 0 Å². The highest BCUT2D eigenvalue weighted by Crippen LogP contribution is 2.17. The first-order valence-corrected chi connectivity index (χ1v) is 4.71. The Labute approximate surface area is 84.2 Å². The van der Waals surface area contributed by atoms with E-state index in [1.165, 1.54) is 0 Å². The number of benzene rings is 1. The van der Waals surface area contributed by atoms with E-state index in [1.54, 1.807) is 12.1 Å². The van der Waals surface area contributed by atoms with Crippen molar-refractivity contribution in [3.8, 4) is 6.07 Å². The third kappa shape index (κ3) is 2.20. The Morgan fingerprint density at radius 3 is 2.43 bits per heavy atom. The van der Waals surface area contributed by atoms with E-state index in [9.17, 15) is 4.79 Å². The Morgan fingerprint density at radius 2 is 2.00 bits per heavy atom. The zero-order valence-corrected chi connectivity index (χ0v) is 8.45. The highest BCUT2D eigenvalue weighted by molar-refractivity contribution is 5.85. The highest BCUT2D eigenvalue weighted by atomic mass is 16.1. The van der Waals surface area contributed by atoms with E-state index in [2.05, 4.69) is 6.07 Å². The molecule has 14 heavy (non-hydrogen) atoms. The Kier molecular flexibility index (Phi) is 3.41. The molecular formula is C12H13NO. The molecule has 1 unspecified atom stereocenters. The van der Waals surface area contributed by atoms with Gasteiger partial charge in [0.25, 0.3) is 0 Å². The molecule has 72 valence electrons. The SMILES string of the molecule is CCC(=O)C(C)c1ccc(C#N)cc1. The van der Waals surface area contributed by atoms with Crippen molar-refractivity contribution >= 4 is 5.78 Å². The fourth-order valence-corrected chi connectivity index (χ4v) is 1.34. The number of hydrogen-bond acceptors (Lipinski definition) is 2. The van der Waals surface area contributed by atoms with Crippen LogP contribution in [-0.4, -0.2) is 5.78 Å². The zero-order valence-electron chi connectivity index (χ0n) is 8.45. The zero-order chi connectivity index (χ0) is 10.6. The van der Waals surface area contributed by atoms with Gasteiger partial charge >= 0.3 is 0 Å². The van der Waals surface area contributed by atoms with Crippen LogP contribution < -0.4 is 0 Å². The molecule has 1 atom stereocenters. The Bertz CT molecular complexity index is 359. The quantitative estimate of drug-likeness (QED) is 0.729. The Balaban J connectivity index is 2.88. The average Bonchev–Trinajstić information content (AvgIpc) is 2.27. The van der Waals surface area contributed by atoms with Crippen molar-refractivity contribution in [2.45, 2.75) is 26.2 Å². The van der Waals surface area contributed by atoms with Gasteiger partial charge in [0.1, 0.15) is 5.78 Å². The standard InChI is InChI=1S/C12H13NO/c1-3-12(14)9(2)11-6-4-10(8-13)5-7-11/h4-7,9H,3H2,1-2H3. The summed E-state index contributed by atoms with van der Waals surface area (Å²) in [6, 6.07) is 9.23. The van der Waals surface area contributed by atoms with Gasteiger partial charge < -0.3 is 0 Å². The summed E-state index contributed by atoms with van der Waals surface area (Å²) in [7, 11) is 0. The molecule has 0 amide bonds. The average molecular weight is 187 g/mol. The first-order chi connectivity index (χ1) is 6.69. The lowest BCUT2D eigenvalue weighted by Crippen LogP contribution is -2.07. The van der Waals surface area contributed by atoms with Crippen LogP contribution in [0.25, 0.3) is 0 Å². The Morgan fingerprint density at radius 1 is 1.43 bits per heavy atom. The number of ketones is 1. The maximum atomic E-state index is 11.4. The summed E-state index contributed by atoms with van der Waals surface area (Å²) < 4.78 is 0. The molecule has 0 aliphatic rings. The molecule has 2 nitrogen and oxygen atoms in total. The van der Waals surface area contributed by atoms with Crippen LogP contribution in [-0.2, 0) is 4.79 Å². The molecule has 0 aromatic heterocycles. The normalized spacial score (nSPS) is 11.8. The van der Waals surface area contributed by atoms with Gasteiger partial charge in [-0.05, 0) is 17.7 Å². The molecule has 0 radical (unpaired) electrons. The van der Waals surface area contributed by atoms with Crippen molar-refractivity contribution < 1.29 is 4.79 Å². The summed E-state index contributed by atoms with van der Waals surface area (Å²) in [6.45, 7) is 3.76. The monoisotopic (exact) mass is 187 g/mol. The minimum Gasteiger partial charge on any atom is -0.299 e. The third-order valence-electron chi connectivity index (χ3n) is 2.37. The van der Waals surface area contributed by atoms with Crippen LogP contribution in [0.1, 0.15) is 37.3 Å². The minimum absolute atomic E-state index is 0.0623. The van der Waals surface area contributed by atoms with Crippen molar-refractivity contribution in [1.29, 1.82) is 5.26 Å². The summed E-state index contributed by atoms with van der Waals surface area (Å²) in [5.41, 5.74) is 1.61. The van der Waals surface area contributed by atoms with Gasteiger partial charge in [-0.25, -0.2) is 0 Å². The second kappa shape index (κ2) is 4.57. The number of carbonyl (C=O) groups excluding carboxylic acids is 1. The van der Waals surface area contributed by atoms with E-state index >= 15 is 0 Å². The summed E-state index contributed by atoms with van der Waals surface area (Å²) in [6.07, 6.45) is 0.557. The summed E-state index contributed by atoms with van der Waals surface area (Å²) >= 11 is 0.